The number of hydrogen-bond acceptors (Lipinski definition) is 2. The molecule has 1 saturated heterocycles. The zero-order valence-corrected chi connectivity index (χ0v) is 14.8. The fourth-order valence-electron chi connectivity index (χ4n) is 3.65. The zero-order valence-electron chi connectivity index (χ0n) is 14.8. The van der Waals surface area contributed by atoms with Gasteiger partial charge in [0.15, 0.2) is 0 Å². The Labute approximate surface area is 149 Å². The van der Waals surface area contributed by atoms with E-state index < -0.39 is 0 Å². The van der Waals surface area contributed by atoms with Crippen molar-refractivity contribution in [1.29, 1.82) is 0 Å². The van der Waals surface area contributed by atoms with Gasteiger partial charge in [0.2, 0.25) is 0 Å². The van der Waals surface area contributed by atoms with Crippen LogP contribution >= 0.6 is 0 Å². The minimum Gasteiger partial charge on any atom is -0.306 e. The summed E-state index contributed by atoms with van der Waals surface area (Å²) in [4.78, 5) is 2.43. The van der Waals surface area contributed by atoms with Gasteiger partial charge < -0.3 is 4.90 Å². The molecule has 4 rings (SSSR count). The molecule has 2 heterocycles. The molecular formula is C22H25N3. The van der Waals surface area contributed by atoms with Gasteiger partial charge in [-0.3, -0.25) is 5.10 Å². The molecule has 0 radical (unpaired) electrons. The summed E-state index contributed by atoms with van der Waals surface area (Å²) in [6, 6.07) is 17.2. The molecule has 25 heavy (non-hydrogen) atoms. The first kappa shape index (κ1) is 16.1. The van der Waals surface area contributed by atoms with Crippen LogP contribution < -0.4 is 0 Å². The molecule has 0 amide bonds. The molecule has 0 atom stereocenters. The van der Waals surface area contributed by atoms with Crippen LogP contribution in [0.4, 0.5) is 0 Å². The van der Waals surface area contributed by atoms with Gasteiger partial charge in [-0.05, 0) is 68.6 Å². The van der Waals surface area contributed by atoms with Crippen LogP contribution in [0.3, 0.4) is 0 Å². The van der Waals surface area contributed by atoms with Crippen molar-refractivity contribution in [2.45, 2.75) is 19.3 Å². The van der Waals surface area contributed by atoms with Crippen molar-refractivity contribution < 1.29 is 0 Å². The number of benzene rings is 2. The number of H-pyrrole nitrogens is 1. The minimum absolute atomic E-state index is 0.841. The molecule has 2 aromatic carbocycles. The van der Waals surface area contributed by atoms with E-state index in [-0.39, 0.29) is 0 Å². The van der Waals surface area contributed by atoms with Gasteiger partial charge in [-0.15, -0.1) is 0 Å². The predicted molar refractivity (Wildman–Crippen MR) is 105 cm³/mol. The Hall–Kier alpha value is -2.39. The van der Waals surface area contributed by atoms with Gasteiger partial charge in [0.1, 0.15) is 0 Å². The summed E-state index contributed by atoms with van der Waals surface area (Å²) in [5, 5.41) is 8.64. The average Bonchev–Trinajstić information content (AvgIpc) is 3.06. The molecule has 3 aromatic rings. The molecule has 3 heteroatoms. The van der Waals surface area contributed by atoms with E-state index in [1.165, 1.54) is 43.5 Å². The second kappa shape index (κ2) is 7.24. The predicted octanol–water partition coefficient (Wildman–Crippen LogP) is 4.62. The van der Waals surface area contributed by atoms with Gasteiger partial charge in [-0.25, -0.2) is 0 Å². The molecule has 3 nitrogen and oxygen atoms in total. The van der Waals surface area contributed by atoms with E-state index in [1.54, 1.807) is 0 Å². The standard InChI is InChI=1S/C22H25N3/c1-25-14-12-19(13-15-25)16-18-8-6-17(7-9-18)10-11-22-20-4-2-3-5-21(20)23-24-22/h2-11,19H,12-16H2,1H3,(H,23,24)/b11-10+. The number of para-hydroxylation sites is 1. The maximum atomic E-state index is 4.40. The van der Waals surface area contributed by atoms with Crippen LogP contribution in [0.1, 0.15) is 29.7 Å². The monoisotopic (exact) mass is 331 g/mol. The van der Waals surface area contributed by atoms with Crippen LogP contribution in [-0.2, 0) is 6.42 Å². The van der Waals surface area contributed by atoms with Crippen molar-refractivity contribution >= 4 is 23.1 Å². The van der Waals surface area contributed by atoms with Gasteiger partial charge in [0.25, 0.3) is 0 Å². The number of aromatic nitrogens is 2. The van der Waals surface area contributed by atoms with Crippen molar-refractivity contribution in [3.8, 4) is 0 Å². The number of nitrogens with zero attached hydrogens (tertiary/aromatic N) is 2. The maximum Gasteiger partial charge on any atom is 0.0927 e. The Morgan fingerprint density at radius 3 is 2.60 bits per heavy atom. The Morgan fingerprint density at radius 1 is 1.04 bits per heavy atom. The van der Waals surface area contributed by atoms with Crippen LogP contribution in [0.2, 0.25) is 0 Å². The largest absolute Gasteiger partial charge is 0.306 e. The molecule has 1 aromatic heterocycles. The van der Waals surface area contributed by atoms with Gasteiger partial charge in [0, 0.05) is 5.39 Å². The number of aromatic amines is 1. The van der Waals surface area contributed by atoms with E-state index in [2.05, 4.69) is 70.7 Å². The highest BCUT2D eigenvalue weighted by Gasteiger charge is 2.16. The molecule has 1 aliphatic heterocycles. The van der Waals surface area contributed by atoms with Crippen LogP contribution in [0.25, 0.3) is 23.1 Å². The summed E-state index contributed by atoms with van der Waals surface area (Å²) in [7, 11) is 2.22. The van der Waals surface area contributed by atoms with Gasteiger partial charge >= 0.3 is 0 Å². The lowest BCUT2D eigenvalue weighted by atomic mass is 9.90. The van der Waals surface area contributed by atoms with Gasteiger partial charge in [-0.1, -0.05) is 48.5 Å². The van der Waals surface area contributed by atoms with E-state index in [9.17, 15) is 0 Å². The fourth-order valence-corrected chi connectivity index (χ4v) is 3.65. The summed E-state index contributed by atoms with van der Waals surface area (Å²) in [6.07, 6.45) is 8.09. The third-order valence-corrected chi connectivity index (χ3v) is 5.28. The van der Waals surface area contributed by atoms with Crippen molar-refractivity contribution in [1.82, 2.24) is 15.1 Å². The lowest BCUT2D eigenvalue weighted by Gasteiger charge is -2.28. The number of likely N-dealkylation sites (tertiary alicyclic amines) is 1. The number of nitrogens with one attached hydrogen (secondary N) is 1. The summed E-state index contributed by atoms with van der Waals surface area (Å²) in [5.74, 6) is 0.841. The maximum absolute atomic E-state index is 4.40. The Balaban J connectivity index is 1.42. The van der Waals surface area contributed by atoms with Crippen molar-refractivity contribution in [2.75, 3.05) is 20.1 Å². The summed E-state index contributed by atoms with van der Waals surface area (Å²) < 4.78 is 0. The summed E-state index contributed by atoms with van der Waals surface area (Å²) in [5.41, 5.74) is 4.75. The molecule has 0 saturated carbocycles. The Bertz CT molecular complexity index is 852. The van der Waals surface area contributed by atoms with E-state index in [0.29, 0.717) is 0 Å². The van der Waals surface area contributed by atoms with E-state index in [4.69, 9.17) is 0 Å². The molecule has 0 unspecified atom stereocenters. The number of fused-ring (bicyclic) bond motifs is 1. The van der Waals surface area contributed by atoms with Crippen LogP contribution in [-0.4, -0.2) is 35.2 Å². The van der Waals surface area contributed by atoms with Crippen LogP contribution in [0.15, 0.2) is 48.5 Å². The van der Waals surface area contributed by atoms with Crippen molar-refractivity contribution in [3.05, 3.63) is 65.4 Å². The highest BCUT2D eigenvalue weighted by Crippen LogP contribution is 2.22. The first-order valence-corrected chi connectivity index (χ1v) is 9.16. The van der Waals surface area contributed by atoms with Gasteiger partial charge in [0.05, 0.1) is 11.2 Å². The number of rotatable bonds is 4. The normalized spacial score (nSPS) is 16.8. The Kier molecular flexibility index (Phi) is 4.66. The van der Waals surface area contributed by atoms with E-state index >= 15 is 0 Å². The third kappa shape index (κ3) is 3.83. The second-order valence-electron chi connectivity index (χ2n) is 7.18. The lowest BCUT2D eigenvalue weighted by Crippen LogP contribution is -2.30. The second-order valence-corrected chi connectivity index (χ2v) is 7.18. The third-order valence-electron chi connectivity index (χ3n) is 5.28. The van der Waals surface area contributed by atoms with Crippen LogP contribution in [0.5, 0.6) is 0 Å². The fraction of sp³-hybridized carbons (Fsp3) is 0.318. The lowest BCUT2D eigenvalue weighted by molar-refractivity contribution is 0.219. The first-order valence-electron chi connectivity index (χ1n) is 9.16. The minimum atomic E-state index is 0.841. The molecule has 0 spiro atoms. The van der Waals surface area contributed by atoms with Crippen molar-refractivity contribution in [3.63, 3.8) is 0 Å². The quantitative estimate of drug-likeness (QED) is 0.756. The molecule has 0 aliphatic carbocycles. The zero-order chi connectivity index (χ0) is 17.1. The number of hydrogen-bond donors (Lipinski definition) is 1. The highest BCUT2D eigenvalue weighted by atomic mass is 15.1. The molecule has 1 aliphatic rings. The highest BCUT2D eigenvalue weighted by molar-refractivity contribution is 5.89. The molecule has 128 valence electrons. The smallest absolute Gasteiger partial charge is 0.0927 e. The molecular weight excluding hydrogens is 306 g/mol. The molecule has 0 bridgehead atoms. The Morgan fingerprint density at radius 2 is 1.80 bits per heavy atom. The first-order chi connectivity index (χ1) is 12.3. The molecule has 1 N–H and O–H groups in total. The summed E-state index contributed by atoms with van der Waals surface area (Å²) >= 11 is 0. The van der Waals surface area contributed by atoms with Gasteiger partial charge in [-0.2, -0.15) is 5.10 Å². The van der Waals surface area contributed by atoms with E-state index in [0.717, 1.165) is 22.5 Å². The SMILES string of the molecule is CN1CCC(Cc2ccc(/C=C/c3n[nH]c4ccccc34)cc2)CC1. The van der Waals surface area contributed by atoms with Crippen molar-refractivity contribution in [2.24, 2.45) is 5.92 Å². The van der Waals surface area contributed by atoms with Crippen LogP contribution in [0, 0.1) is 5.92 Å². The molecule has 1 fully saturated rings. The average molecular weight is 331 g/mol. The summed E-state index contributed by atoms with van der Waals surface area (Å²) in [6.45, 7) is 2.48. The van der Waals surface area contributed by atoms with E-state index in [1.807, 2.05) is 12.1 Å². The number of piperidine rings is 1. The topological polar surface area (TPSA) is 31.9 Å².